The molecule has 0 spiro atoms. The zero-order valence-electron chi connectivity index (χ0n) is 14.9. The molecule has 0 aliphatic carbocycles. The molecule has 0 bridgehead atoms. The highest BCUT2D eigenvalue weighted by Gasteiger charge is 2.17. The molecule has 4 aromatic rings. The summed E-state index contributed by atoms with van der Waals surface area (Å²) >= 11 is 4.36. The summed E-state index contributed by atoms with van der Waals surface area (Å²) in [6.45, 7) is 2.75. The molecule has 28 heavy (non-hydrogen) atoms. The van der Waals surface area contributed by atoms with Gasteiger partial charge in [-0.15, -0.1) is 32.9 Å². The summed E-state index contributed by atoms with van der Waals surface area (Å²) in [6, 6.07) is 12.0. The zero-order chi connectivity index (χ0) is 19.5. The standard InChI is InChI=1S/C19H15N5OS3/c1-2-24-17(14-10-27-15-6-4-3-5-13(14)15)22-23-19(24)28-11-16(25)21-18-12(9-20)7-8-26-18/h3-8,10H,2,11H2,1H3,(H,21,25). The Balaban J connectivity index is 1.52. The van der Waals surface area contributed by atoms with Gasteiger partial charge < -0.3 is 9.88 Å². The molecular weight excluding hydrogens is 410 g/mol. The Kier molecular flexibility index (Phi) is 5.43. The van der Waals surface area contributed by atoms with E-state index in [-0.39, 0.29) is 11.7 Å². The second-order valence-electron chi connectivity index (χ2n) is 5.81. The van der Waals surface area contributed by atoms with Crippen LogP contribution in [0, 0.1) is 11.3 Å². The number of nitriles is 1. The molecule has 0 aliphatic heterocycles. The summed E-state index contributed by atoms with van der Waals surface area (Å²) in [6.07, 6.45) is 0. The van der Waals surface area contributed by atoms with Gasteiger partial charge in [-0.1, -0.05) is 30.0 Å². The van der Waals surface area contributed by atoms with Crippen LogP contribution in [0.3, 0.4) is 0 Å². The molecule has 6 nitrogen and oxygen atoms in total. The number of thiophene rings is 2. The van der Waals surface area contributed by atoms with Crippen LogP contribution in [-0.2, 0) is 11.3 Å². The molecule has 0 fully saturated rings. The Morgan fingerprint density at radius 2 is 2.14 bits per heavy atom. The number of hydrogen-bond donors (Lipinski definition) is 1. The first kappa shape index (κ1) is 18.7. The molecule has 0 atom stereocenters. The van der Waals surface area contributed by atoms with Gasteiger partial charge in [-0.25, -0.2) is 0 Å². The monoisotopic (exact) mass is 425 g/mol. The summed E-state index contributed by atoms with van der Waals surface area (Å²) in [5.74, 6) is 0.843. The molecule has 0 saturated carbocycles. The van der Waals surface area contributed by atoms with E-state index in [9.17, 15) is 4.79 Å². The molecule has 0 radical (unpaired) electrons. The lowest BCUT2D eigenvalue weighted by Crippen LogP contribution is -2.14. The number of carbonyl (C=O) groups is 1. The molecule has 140 valence electrons. The van der Waals surface area contributed by atoms with Crippen LogP contribution in [0.15, 0.2) is 46.2 Å². The van der Waals surface area contributed by atoms with Crippen LogP contribution in [0.25, 0.3) is 21.5 Å². The minimum atomic E-state index is -0.169. The van der Waals surface area contributed by atoms with E-state index in [1.807, 2.05) is 23.6 Å². The number of amides is 1. The Morgan fingerprint density at radius 3 is 2.96 bits per heavy atom. The molecule has 1 amide bonds. The maximum Gasteiger partial charge on any atom is 0.235 e. The third kappa shape index (κ3) is 3.54. The highest BCUT2D eigenvalue weighted by atomic mass is 32.2. The fraction of sp³-hybridized carbons (Fsp3) is 0.158. The van der Waals surface area contributed by atoms with Crippen LogP contribution in [0.1, 0.15) is 12.5 Å². The predicted octanol–water partition coefficient (Wildman–Crippen LogP) is 4.84. The van der Waals surface area contributed by atoms with E-state index in [0.29, 0.717) is 22.3 Å². The van der Waals surface area contributed by atoms with Gasteiger partial charge in [0.15, 0.2) is 11.0 Å². The Hall–Kier alpha value is -2.67. The first-order chi connectivity index (χ1) is 13.7. The maximum absolute atomic E-state index is 12.3. The van der Waals surface area contributed by atoms with Gasteiger partial charge in [-0.3, -0.25) is 4.79 Å². The van der Waals surface area contributed by atoms with Crippen LogP contribution in [-0.4, -0.2) is 26.4 Å². The van der Waals surface area contributed by atoms with Crippen LogP contribution < -0.4 is 5.32 Å². The maximum atomic E-state index is 12.3. The molecule has 4 rings (SSSR count). The number of aromatic nitrogens is 3. The van der Waals surface area contributed by atoms with Gasteiger partial charge in [0, 0.05) is 27.6 Å². The second-order valence-corrected chi connectivity index (χ2v) is 8.58. The van der Waals surface area contributed by atoms with Gasteiger partial charge in [-0.2, -0.15) is 5.26 Å². The number of anilines is 1. The third-order valence-electron chi connectivity index (χ3n) is 4.13. The first-order valence-corrected chi connectivity index (χ1v) is 11.3. The van der Waals surface area contributed by atoms with Crippen molar-refractivity contribution in [1.29, 1.82) is 5.26 Å². The van der Waals surface area contributed by atoms with E-state index in [0.717, 1.165) is 16.8 Å². The summed E-state index contributed by atoms with van der Waals surface area (Å²) in [7, 11) is 0. The van der Waals surface area contributed by atoms with Gasteiger partial charge in [0.1, 0.15) is 11.1 Å². The number of nitrogens with one attached hydrogen (secondary N) is 1. The number of carbonyl (C=O) groups excluding carboxylic acids is 1. The summed E-state index contributed by atoms with van der Waals surface area (Å²) < 4.78 is 3.24. The van der Waals surface area contributed by atoms with Gasteiger partial charge in [0.2, 0.25) is 5.91 Å². The minimum absolute atomic E-state index is 0.169. The smallest absolute Gasteiger partial charge is 0.235 e. The normalized spacial score (nSPS) is 10.9. The van der Waals surface area contributed by atoms with E-state index < -0.39 is 0 Å². The molecule has 1 N–H and O–H groups in total. The van der Waals surface area contributed by atoms with E-state index >= 15 is 0 Å². The zero-order valence-corrected chi connectivity index (χ0v) is 17.3. The average molecular weight is 426 g/mol. The number of hydrogen-bond acceptors (Lipinski definition) is 7. The van der Waals surface area contributed by atoms with Crippen molar-refractivity contribution in [3.63, 3.8) is 0 Å². The molecule has 0 saturated heterocycles. The van der Waals surface area contributed by atoms with Crippen LogP contribution in [0.5, 0.6) is 0 Å². The quantitative estimate of drug-likeness (QED) is 0.447. The number of thioether (sulfide) groups is 1. The molecular formula is C19H15N5OS3. The van der Waals surface area contributed by atoms with Crippen molar-refractivity contribution in [2.24, 2.45) is 0 Å². The lowest BCUT2D eigenvalue weighted by Gasteiger charge is -2.07. The molecule has 9 heteroatoms. The fourth-order valence-corrected chi connectivity index (χ4v) is 5.31. The lowest BCUT2D eigenvalue weighted by molar-refractivity contribution is -0.113. The SMILES string of the molecule is CCn1c(SCC(=O)Nc2sccc2C#N)nnc1-c1csc2ccccc12. The Bertz CT molecular complexity index is 1180. The molecule has 0 unspecified atom stereocenters. The number of nitrogens with zero attached hydrogens (tertiary/aromatic N) is 4. The lowest BCUT2D eigenvalue weighted by atomic mass is 10.1. The summed E-state index contributed by atoms with van der Waals surface area (Å²) in [4.78, 5) is 12.3. The number of fused-ring (bicyclic) bond motifs is 1. The van der Waals surface area contributed by atoms with Crippen molar-refractivity contribution in [3.8, 4) is 17.5 Å². The second kappa shape index (κ2) is 8.14. The highest BCUT2D eigenvalue weighted by molar-refractivity contribution is 7.99. The molecule has 3 heterocycles. The highest BCUT2D eigenvalue weighted by Crippen LogP contribution is 2.34. The number of rotatable bonds is 6. The molecule has 3 aromatic heterocycles. The number of benzene rings is 1. The van der Waals surface area contributed by atoms with Crippen molar-refractivity contribution in [3.05, 3.63) is 46.7 Å². The van der Waals surface area contributed by atoms with Gasteiger partial charge >= 0.3 is 0 Å². The molecule has 1 aromatic carbocycles. The van der Waals surface area contributed by atoms with Gasteiger partial charge in [-0.05, 0) is 24.4 Å². The molecule has 0 aliphatic rings. The van der Waals surface area contributed by atoms with Crippen molar-refractivity contribution >= 4 is 55.4 Å². The van der Waals surface area contributed by atoms with E-state index in [4.69, 9.17) is 5.26 Å². The Morgan fingerprint density at radius 1 is 1.29 bits per heavy atom. The van der Waals surface area contributed by atoms with E-state index in [1.165, 1.54) is 27.8 Å². The van der Waals surface area contributed by atoms with Crippen LogP contribution in [0.2, 0.25) is 0 Å². The van der Waals surface area contributed by atoms with Gasteiger partial charge in [0.05, 0.1) is 11.3 Å². The van der Waals surface area contributed by atoms with Crippen molar-refractivity contribution in [2.75, 3.05) is 11.1 Å². The van der Waals surface area contributed by atoms with E-state index in [1.54, 1.807) is 22.8 Å². The Labute approximate surface area is 173 Å². The van der Waals surface area contributed by atoms with Crippen LogP contribution in [0.4, 0.5) is 5.00 Å². The van der Waals surface area contributed by atoms with Crippen LogP contribution >= 0.6 is 34.4 Å². The summed E-state index contributed by atoms with van der Waals surface area (Å²) in [5, 5.41) is 26.8. The van der Waals surface area contributed by atoms with Gasteiger partial charge in [0.25, 0.3) is 0 Å². The average Bonchev–Trinajstić information content (AvgIpc) is 3.43. The fourth-order valence-electron chi connectivity index (χ4n) is 2.82. The van der Waals surface area contributed by atoms with E-state index in [2.05, 4.69) is 39.1 Å². The first-order valence-electron chi connectivity index (χ1n) is 8.51. The topological polar surface area (TPSA) is 83.6 Å². The van der Waals surface area contributed by atoms with Crippen molar-refractivity contribution < 1.29 is 4.79 Å². The van der Waals surface area contributed by atoms with Crippen molar-refractivity contribution in [2.45, 2.75) is 18.6 Å². The summed E-state index contributed by atoms with van der Waals surface area (Å²) in [5.41, 5.74) is 1.54. The minimum Gasteiger partial charge on any atom is -0.316 e. The van der Waals surface area contributed by atoms with Crippen molar-refractivity contribution in [1.82, 2.24) is 14.8 Å². The third-order valence-corrected chi connectivity index (χ3v) is 6.89. The predicted molar refractivity (Wildman–Crippen MR) is 115 cm³/mol. The largest absolute Gasteiger partial charge is 0.316 e.